The van der Waals surface area contributed by atoms with Crippen molar-refractivity contribution in [2.24, 2.45) is 17.8 Å². The topological polar surface area (TPSA) is 112 Å². The summed E-state index contributed by atoms with van der Waals surface area (Å²) in [5.41, 5.74) is 0.362. The van der Waals surface area contributed by atoms with E-state index < -0.39 is 17.0 Å². The molecule has 1 saturated heterocycles. The molecule has 3 atom stereocenters. The zero-order chi connectivity index (χ0) is 24.9. The van der Waals surface area contributed by atoms with E-state index in [-0.39, 0.29) is 18.4 Å². The Morgan fingerprint density at radius 1 is 1.11 bits per heavy atom. The second-order valence-electron chi connectivity index (χ2n) is 12.4. The first-order chi connectivity index (χ1) is 17.3. The van der Waals surface area contributed by atoms with E-state index in [0.29, 0.717) is 35.1 Å². The van der Waals surface area contributed by atoms with E-state index in [0.717, 1.165) is 75.1 Å². The fourth-order valence-corrected chi connectivity index (χ4v) is 9.65. The zero-order valence-corrected chi connectivity index (χ0v) is 21.8. The minimum atomic E-state index is -0.809. The average molecular weight is 514 g/mol. The third-order valence-electron chi connectivity index (χ3n) is 9.73. The highest BCUT2D eigenvalue weighted by Crippen LogP contribution is 2.55. The number of nitrogens with zero attached hydrogens (tertiary/aromatic N) is 1. The summed E-state index contributed by atoms with van der Waals surface area (Å²) >= 11 is 1.71. The number of carboxylic acid groups (broad SMARTS) is 1. The molecule has 1 aliphatic heterocycles. The predicted molar refractivity (Wildman–Crippen MR) is 138 cm³/mol. The fourth-order valence-electron chi connectivity index (χ4n) is 8.33. The highest BCUT2D eigenvalue weighted by molar-refractivity contribution is 7.99. The van der Waals surface area contributed by atoms with Gasteiger partial charge < -0.3 is 20.8 Å². The number of rotatable bonds is 7. The Kier molecular flexibility index (Phi) is 6.57. The van der Waals surface area contributed by atoms with Crippen LogP contribution < -0.4 is 10.6 Å². The van der Waals surface area contributed by atoms with Crippen molar-refractivity contribution in [2.75, 3.05) is 13.1 Å². The van der Waals surface area contributed by atoms with Crippen LogP contribution in [0.25, 0.3) is 0 Å². The van der Waals surface area contributed by atoms with Gasteiger partial charge in [-0.15, -0.1) is 11.8 Å². The van der Waals surface area contributed by atoms with E-state index in [2.05, 4.69) is 10.6 Å². The number of amides is 1. The standard InChI is InChI=1S/C28H39N3O4S/c32-23(33)15-27(8-3-9-29-16-27)22-7-6-21(26(30-22)36-20-4-1-2-5-20)25(34)31-24-18-10-17-11-19(24)14-28(35,12-17)13-18/h6-7,17-20,24,29,35H,1-5,8-16H2,(H,31,34)(H,32,33)/t17?,18?,19?,24?,27-,28?/m0/s1. The number of aliphatic hydroxyl groups is 1. The van der Waals surface area contributed by atoms with Gasteiger partial charge in [0.25, 0.3) is 5.91 Å². The molecule has 5 saturated carbocycles. The zero-order valence-electron chi connectivity index (χ0n) is 21.0. The molecule has 6 fully saturated rings. The van der Waals surface area contributed by atoms with Gasteiger partial charge in [-0.25, -0.2) is 4.98 Å². The van der Waals surface area contributed by atoms with E-state index in [9.17, 15) is 19.8 Å². The van der Waals surface area contributed by atoms with Gasteiger partial charge in [0.05, 0.1) is 17.6 Å². The fraction of sp³-hybridized carbons (Fsp3) is 0.750. The Hall–Kier alpha value is -1.64. The number of thioether (sulfide) groups is 1. The number of nitrogens with one attached hydrogen (secondary N) is 2. The molecule has 4 bridgehead atoms. The van der Waals surface area contributed by atoms with Crippen molar-refractivity contribution in [3.8, 4) is 0 Å². The molecule has 1 amide bonds. The predicted octanol–water partition coefficient (Wildman–Crippen LogP) is 3.88. The van der Waals surface area contributed by atoms with Crippen molar-refractivity contribution in [1.29, 1.82) is 0 Å². The molecule has 2 heterocycles. The Balaban J connectivity index is 1.28. The Bertz CT molecular complexity index is 1000. The first kappa shape index (κ1) is 24.7. The molecule has 0 aromatic carbocycles. The maximum absolute atomic E-state index is 13.7. The number of aliphatic carboxylic acids is 1. The highest BCUT2D eigenvalue weighted by atomic mass is 32.2. The molecule has 7 rings (SSSR count). The van der Waals surface area contributed by atoms with E-state index in [4.69, 9.17) is 4.98 Å². The molecule has 196 valence electrons. The number of carbonyl (C=O) groups excluding carboxylic acids is 1. The number of carboxylic acids is 1. The van der Waals surface area contributed by atoms with Crippen molar-refractivity contribution in [1.82, 2.24) is 15.6 Å². The molecule has 2 unspecified atom stereocenters. The van der Waals surface area contributed by atoms with Crippen LogP contribution in [0.15, 0.2) is 17.2 Å². The van der Waals surface area contributed by atoms with Crippen LogP contribution in [0.2, 0.25) is 0 Å². The third kappa shape index (κ3) is 4.69. The van der Waals surface area contributed by atoms with Crippen LogP contribution in [-0.4, -0.2) is 57.1 Å². The van der Waals surface area contributed by atoms with Gasteiger partial charge in [-0.3, -0.25) is 9.59 Å². The van der Waals surface area contributed by atoms with Crippen LogP contribution in [0.5, 0.6) is 0 Å². The second-order valence-corrected chi connectivity index (χ2v) is 13.7. The number of aromatic nitrogens is 1. The smallest absolute Gasteiger partial charge is 0.304 e. The summed E-state index contributed by atoms with van der Waals surface area (Å²) in [5.74, 6) is 0.444. The van der Waals surface area contributed by atoms with Crippen molar-refractivity contribution in [3.05, 3.63) is 23.4 Å². The van der Waals surface area contributed by atoms with Crippen LogP contribution in [0.3, 0.4) is 0 Å². The van der Waals surface area contributed by atoms with E-state index >= 15 is 0 Å². The van der Waals surface area contributed by atoms with Gasteiger partial charge >= 0.3 is 5.97 Å². The molecule has 6 aliphatic rings. The summed E-state index contributed by atoms with van der Waals surface area (Å²) < 4.78 is 0. The highest BCUT2D eigenvalue weighted by Gasteiger charge is 2.55. The van der Waals surface area contributed by atoms with Crippen LogP contribution in [-0.2, 0) is 10.2 Å². The number of pyridine rings is 1. The summed E-state index contributed by atoms with van der Waals surface area (Å²) in [4.78, 5) is 30.6. The summed E-state index contributed by atoms with van der Waals surface area (Å²) in [6, 6.07) is 3.93. The molecule has 7 nitrogen and oxygen atoms in total. The van der Waals surface area contributed by atoms with Crippen molar-refractivity contribution in [2.45, 2.75) is 104 Å². The number of hydrogen-bond acceptors (Lipinski definition) is 6. The molecule has 0 spiro atoms. The number of piperidine rings is 1. The lowest BCUT2D eigenvalue weighted by atomic mass is 9.52. The quantitative estimate of drug-likeness (QED) is 0.438. The van der Waals surface area contributed by atoms with Gasteiger partial charge in [-0.1, -0.05) is 12.8 Å². The second kappa shape index (κ2) is 9.59. The SMILES string of the molecule is O=C(O)C[C@@]1(c2ccc(C(=O)NC3C4CC5CC3CC(O)(C5)C4)c(SC3CCCC3)n2)CCCNC1. The summed E-state index contributed by atoms with van der Waals surface area (Å²) in [7, 11) is 0. The maximum Gasteiger partial charge on any atom is 0.304 e. The lowest BCUT2D eigenvalue weighted by Crippen LogP contribution is -2.61. The summed E-state index contributed by atoms with van der Waals surface area (Å²) in [5, 5.41) is 28.6. The molecular formula is C28H39N3O4S. The van der Waals surface area contributed by atoms with E-state index in [1.54, 1.807) is 11.8 Å². The molecule has 5 aliphatic carbocycles. The van der Waals surface area contributed by atoms with Gasteiger partial charge in [0, 0.05) is 28.9 Å². The Labute approximate surface area is 217 Å². The first-order valence-electron chi connectivity index (χ1n) is 14.0. The van der Waals surface area contributed by atoms with Gasteiger partial charge in [0.2, 0.25) is 0 Å². The van der Waals surface area contributed by atoms with Crippen LogP contribution >= 0.6 is 11.8 Å². The minimum Gasteiger partial charge on any atom is -0.481 e. The lowest BCUT2D eigenvalue weighted by molar-refractivity contribution is -0.138. The molecule has 1 aromatic rings. The third-order valence-corrected chi connectivity index (χ3v) is 11.1. The van der Waals surface area contributed by atoms with Crippen LogP contribution in [0, 0.1) is 17.8 Å². The molecule has 8 heteroatoms. The molecule has 0 radical (unpaired) electrons. The minimum absolute atomic E-state index is 0.0432. The first-order valence-corrected chi connectivity index (χ1v) is 14.8. The van der Waals surface area contributed by atoms with Gasteiger partial charge in [-0.05, 0) is 94.2 Å². The van der Waals surface area contributed by atoms with Crippen molar-refractivity contribution >= 4 is 23.6 Å². The lowest BCUT2D eigenvalue weighted by Gasteiger charge is -2.58. The molecule has 1 aromatic heterocycles. The van der Waals surface area contributed by atoms with Gasteiger partial charge in [0.1, 0.15) is 5.03 Å². The number of hydrogen-bond donors (Lipinski definition) is 4. The average Bonchev–Trinajstić information content (AvgIpc) is 3.33. The van der Waals surface area contributed by atoms with Gasteiger partial charge in [0.15, 0.2) is 0 Å². The summed E-state index contributed by atoms with van der Waals surface area (Å²) in [6.07, 6.45) is 11.2. The van der Waals surface area contributed by atoms with Crippen LogP contribution in [0.1, 0.15) is 93.1 Å². The van der Waals surface area contributed by atoms with E-state index in [1.165, 1.54) is 12.8 Å². The monoisotopic (exact) mass is 513 g/mol. The Morgan fingerprint density at radius 2 is 1.86 bits per heavy atom. The molecule has 4 N–H and O–H groups in total. The largest absolute Gasteiger partial charge is 0.481 e. The Morgan fingerprint density at radius 3 is 2.50 bits per heavy atom. The normalized spacial score (nSPS) is 37.8. The van der Waals surface area contributed by atoms with E-state index in [1.807, 2.05) is 12.1 Å². The van der Waals surface area contributed by atoms with Crippen molar-refractivity contribution in [3.63, 3.8) is 0 Å². The molecule has 36 heavy (non-hydrogen) atoms. The maximum atomic E-state index is 13.7. The van der Waals surface area contributed by atoms with Crippen LogP contribution in [0.4, 0.5) is 0 Å². The molecular weight excluding hydrogens is 474 g/mol. The summed E-state index contributed by atoms with van der Waals surface area (Å²) in [6.45, 7) is 1.49. The number of carbonyl (C=O) groups is 2. The van der Waals surface area contributed by atoms with Gasteiger partial charge in [-0.2, -0.15) is 0 Å². The van der Waals surface area contributed by atoms with Crippen molar-refractivity contribution < 1.29 is 19.8 Å².